The molecular formula is C14H9KN4O2. The van der Waals surface area contributed by atoms with Gasteiger partial charge in [0, 0.05) is 18.0 Å². The summed E-state index contributed by atoms with van der Waals surface area (Å²) in [6, 6.07) is 9.67. The Bertz CT molecular complexity index is 741. The van der Waals surface area contributed by atoms with Crippen LogP contribution in [0.2, 0.25) is 0 Å². The summed E-state index contributed by atoms with van der Waals surface area (Å²) >= 11 is 0. The molecule has 3 aromatic rings. The van der Waals surface area contributed by atoms with Gasteiger partial charge >= 0.3 is 51.4 Å². The molecule has 0 radical (unpaired) electrons. The van der Waals surface area contributed by atoms with E-state index in [9.17, 15) is 9.90 Å². The van der Waals surface area contributed by atoms with Gasteiger partial charge in [-0.1, -0.05) is 30.3 Å². The third-order valence-corrected chi connectivity index (χ3v) is 2.81. The maximum Gasteiger partial charge on any atom is 1.00 e. The van der Waals surface area contributed by atoms with Crippen LogP contribution in [0.15, 0.2) is 55.2 Å². The van der Waals surface area contributed by atoms with Gasteiger partial charge in [0.05, 0.1) is 17.9 Å². The molecule has 2 heterocycles. The van der Waals surface area contributed by atoms with Gasteiger partial charge in [-0.25, -0.2) is 15.0 Å². The molecule has 2 aromatic heterocycles. The van der Waals surface area contributed by atoms with Crippen LogP contribution >= 0.6 is 0 Å². The monoisotopic (exact) mass is 304 g/mol. The summed E-state index contributed by atoms with van der Waals surface area (Å²) in [6.45, 7) is 0. The largest absolute Gasteiger partial charge is 1.00 e. The Morgan fingerprint density at radius 2 is 1.67 bits per heavy atom. The van der Waals surface area contributed by atoms with E-state index in [1.165, 1.54) is 17.1 Å². The van der Waals surface area contributed by atoms with Gasteiger partial charge in [0.1, 0.15) is 6.33 Å². The molecule has 0 aliphatic rings. The smallest absolute Gasteiger partial charge is 0.543 e. The molecule has 6 nitrogen and oxygen atoms in total. The van der Waals surface area contributed by atoms with Crippen LogP contribution in [0.3, 0.4) is 0 Å². The van der Waals surface area contributed by atoms with Crippen LogP contribution in [0.5, 0.6) is 0 Å². The average molecular weight is 304 g/mol. The number of benzene rings is 1. The molecule has 3 rings (SSSR count). The number of hydrogen-bond donors (Lipinski definition) is 0. The minimum Gasteiger partial charge on any atom is -0.543 e. The van der Waals surface area contributed by atoms with Crippen molar-refractivity contribution in [1.82, 2.24) is 19.5 Å². The molecule has 0 bridgehead atoms. The number of hydrogen-bond acceptors (Lipinski definition) is 5. The maximum atomic E-state index is 10.9. The van der Waals surface area contributed by atoms with E-state index in [1.807, 2.05) is 30.3 Å². The summed E-state index contributed by atoms with van der Waals surface area (Å²) in [5.41, 5.74) is 1.76. The van der Waals surface area contributed by atoms with Crippen molar-refractivity contribution in [3.63, 3.8) is 0 Å². The Morgan fingerprint density at radius 3 is 2.29 bits per heavy atom. The Morgan fingerprint density at radius 1 is 1.00 bits per heavy atom. The molecule has 0 fully saturated rings. The first-order valence-electron chi connectivity index (χ1n) is 5.87. The number of aromatic carboxylic acids is 1. The standard InChI is InChI=1S/C14H10N4O2.K/c19-13(20)12-8-15-9-18(12)14-16-6-11(7-17-14)10-4-2-1-3-5-10;/h1-9H,(H,19,20);/q;+1/p-1. The van der Waals surface area contributed by atoms with Gasteiger partial charge in [-0.15, -0.1) is 0 Å². The number of rotatable bonds is 3. The zero-order chi connectivity index (χ0) is 13.9. The Hall–Kier alpha value is -1.38. The number of carboxylic acid groups (broad SMARTS) is 1. The number of carbonyl (C=O) groups is 1. The average Bonchev–Trinajstić information content (AvgIpc) is 2.98. The third kappa shape index (κ3) is 3.45. The van der Waals surface area contributed by atoms with Crippen LogP contribution in [-0.2, 0) is 0 Å². The predicted octanol–water partition coefficient (Wildman–Crippen LogP) is -2.30. The van der Waals surface area contributed by atoms with Gasteiger partial charge in [-0.2, -0.15) is 0 Å². The van der Waals surface area contributed by atoms with E-state index in [4.69, 9.17) is 0 Å². The van der Waals surface area contributed by atoms with Crippen LogP contribution in [0, 0.1) is 0 Å². The summed E-state index contributed by atoms with van der Waals surface area (Å²) in [5.74, 6) is -1.08. The number of carboxylic acids is 1. The van der Waals surface area contributed by atoms with Crippen LogP contribution in [0.25, 0.3) is 17.1 Å². The second-order valence-electron chi connectivity index (χ2n) is 4.07. The molecule has 7 heteroatoms. The summed E-state index contributed by atoms with van der Waals surface area (Å²) in [6.07, 6.45) is 5.81. The molecule has 0 unspecified atom stereocenters. The first-order chi connectivity index (χ1) is 9.75. The maximum absolute atomic E-state index is 10.9. The van der Waals surface area contributed by atoms with E-state index in [2.05, 4.69) is 15.0 Å². The van der Waals surface area contributed by atoms with Crippen molar-refractivity contribution in [2.24, 2.45) is 0 Å². The second-order valence-corrected chi connectivity index (χ2v) is 4.07. The molecule has 0 aliphatic heterocycles. The molecule has 0 saturated carbocycles. The summed E-state index contributed by atoms with van der Waals surface area (Å²) in [7, 11) is 0. The van der Waals surface area contributed by atoms with Crippen LogP contribution in [-0.4, -0.2) is 25.5 Å². The minimum atomic E-state index is -1.32. The Balaban J connectivity index is 0.00000161. The van der Waals surface area contributed by atoms with E-state index in [1.54, 1.807) is 12.4 Å². The second kappa shape index (κ2) is 7.06. The molecule has 0 N–H and O–H groups in total. The fraction of sp³-hybridized carbons (Fsp3) is 0. The molecule has 0 saturated heterocycles. The van der Waals surface area contributed by atoms with Gasteiger partial charge in [0.25, 0.3) is 0 Å². The van der Waals surface area contributed by atoms with Crippen LogP contribution < -0.4 is 56.5 Å². The van der Waals surface area contributed by atoms with E-state index in [-0.39, 0.29) is 63.0 Å². The van der Waals surface area contributed by atoms with Crippen molar-refractivity contribution < 1.29 is 61.3 Å². The van der Waals surface area contributed by atoms with Crippen molar-refractivity contribution >= 4 is 5.97 Å². The van der Waals surface area contributed by atoms with Gasteiger partial charge in [0.2, 0.25) is 5.95 Å². The molecule has 98 valence electrons. The third-order valence-electron chi connectivity index (χ3n) is 2.81. The van der Waals surface area contributed by atoms with Crippen molar-refractivity contribution in [3.8, 4) is 17.1 Å². The topological polar surface area (TPSA) is 83.7 Å². The SMILES string of the molecule is O=C([O-])c1cncn1-c1ncc(-c2ccccc2)cn1.[K+]. The van der Waals surface area contributed by atoms with Crippen LogP contribution in [0.1, 0.15) is 10.5 Å². The molecular weight excluding hydrogens is 295 g/mol. The summed E-state index contributed by atoms with van der Waals surface area (Å²) in [5, 5.41) is 10.9. The molecule has 0 spiro atoms. The molecule has 0 atom stereocenters. The van der Waals surface area contributed by atoms with Crippen LogP contribution in [0.4, 0.5) is 0 Å². The normalized spacial score (nSPS) is 9.90. The number of aromatic nitrogens is 4. The summed E-state index contributed by atoms with van der Waals surface area (Å²) < 4.78 is 1.27. The quantitative estimate of drug-likeness (QED) is 0.508. The molecule has 0 amide bonds. The number of carbonyl (C=O) groups excluding carboxylic acids is 1. The van der Waals surface area contributed by atoms with Gasteiger partial charge < -0.3 is 9.90 Å². The van der Waals surface area contributed by atoms with Gasteiger partial charge in [-0.3, -0.25) is 4.57 Å². The Kier molecular flexibility index (Phi) is 5.37. The van der Waals surface area contributed by atoms with Crippen molar-refractivity contribution in [3.05, 3.63) is 60.9 Å². The van der Waals surface area contributed by atoms with Gasteiger partial charge in [0.15, 0.2) is 0 Å². The fourth-order valence-electron chi connectivity index (χ4n) is 1.83. The van der Waals surface area contributed by atoms with Crippen molar-refractivity contribution in [2.45, 2.75) is 0 Å². The molecule has 0 aliphatic carbocycles. The first-order valence-corrected chi connectivity index (χ1v) is 5.87. The summed E-state index contributed by atoms with van der Waals surface area (Å²) in [4.78, 5) is 23.0. The van der Waals surface area contributed by atoms with E-state index in [0.717, 1.165) is 11.1 Å². The van der Waals surface area contributed by atoms with Crippen molar-refractivity contribution in [2.75, 3.05) is 0 Å². The number of imidazole rings is 1. The number of nitrogens with zero attached hydrogens (tertiary/aromatic N) is 4. The zero-order valence-corrected chi connectivity index (χ0v) is 14.4. The van der Waals surface area contributed by atoms with E-state index >= 15 is 0 Å². The fourth-order valence-corrected chi connectivity index (χ4v) is 1.83. The van der Waals surface area contributed by atoms with E-state index < -0.39 is 5.97 Å². The van der Waals surface area contributed by atoms with E-state index in [0.29, 0.717) is 0 Å². The first kappa shape index (κ1) is 16.0. The van der Waals surface area contributed by atoms with Gasteiger partial charge in [-0.05, 0) is 5.56 Å². The van der Waals surface area contributed by atoms with Crippen molar-refractivity contribution in [1.29, 1.82) is 0 Å². The molecule has 21 heavy (non-hydrogen) atoms. The Labute approximate surface area is 163 Å². The zero-order valence-electron chi connectivity index (χ0n) is 11.3. The predicted molar refractivity (Wildman–Crippen MR) is 68.9 cm³/mol. The molecule has 1 aromatic carbocycles. The minimum absolute atomic E-state index is 0.